The highest BCUT2D eigenvalue weighted by molar-refractivity contribution is 6.00. The average Bonchev–Trinajstić information content (AvgIpc) is 3.25. The largest absolute Gasteiger partial charge is 0.489 e. The monoisotopic (exact) mass is 358 g/mol. The van der Waals surface area contributed by atoms with E-state index in [9.17, 15) is 9.59 Å². The first-order chi connectivity index (χ1) is 12.6. The minimum absolute atomic E-state index is 0.147. The van der Waals surface area contributed by atoms with Gasteiger partial charge in [0, 0.05) is 12.0 Å². The second kappa shape index (κ2) is 8.70. The van der Waals surface area contributed by atoms with Gasteiger partial charge < -0.3 is 9.47 Å². The lowest BCUT2D eigenvalue weighted by Crippen LogP contribution is -2.29. The molecule has 2 unspecified atom stereocenters. The molecule has 1 fully saturated rings. The normalized spacial score (nSPS) is 21.7. The maximum absolute atomic E-state index is 12.2. The maximum atomic E-state index is 12.2. The van der Waals surface area contributed by atoms with Crippen molar-refractivity contribution < 1.29 is 19.1 Å². The van der Waals surface area contributed by atoms with Gasteiger partial charge in [0.25, 0.3) is 0 Å². The van der Waals surface area contributed by atoms with Crippen LogP contribution in [0.25, 0.3) is 0 Å². The molecule has 142 valence electrons. The number of unbranched alkanes of at least 4 members (excludes halogenated alkanes) is 3. The molecule has 0 saturated heterocycles. The maximum Gasteiger partial charge on any atom is 0.312 e. The van der Waals surface area contributed by atoms with Gasteiger partial charge in [-0.1, -0.05) is 32.3 Å². The van der Waals surface area contributed by atoms with Crippen LogP contribution in [0, 0.1) is 5.92 Å². The molecule has 2 atom stereocenters. The lowest BCUT2D eigenvalue weighted by atomic mass is 9.99. The number of ether oxygens (including phenoxy) is 2. The van der Waals surface area contributed by atoms with Crippen LogP contribution in [0.15, 0.2) is 12.1 Å². The van der Waals surface area contributed by atoms with Crippen LogP contribution in [-0.4, -0.2) is 25.0 Å². The van der Waals surface area contributed by atoms with Crippen molar-refractivity contribution in [2.75, 3.05) is 7.11 Å². The van der Waals surface area contributed by atoms with Crippen molar-refractivity contribution in [3.05, 3.63) is 28.8 Å². The van der Waals surface area contributed by atoms with Crippen LogP contribution in [-0.2, 0) is 22.4 Å². The molecular weight excluding hydrogens is 328 g/mol. The van der Waals surface area contributed by atoms with Crippen molar-refractivity contribution in [3.63, 3.8) is 0 Å². The highest BCUT2D eigenvalue weighted by atomic mass is 16.5. The van der Waals surface area contributed by atoms with Gasteiger partial charge >= 0.3 is 5.97 Å². The molecule has 0 bridgehead atoms. The van der Waals surface area contributed by atoms with Gasteiger partial charge in [0.05, 0.1) is 13.0 Å². The van der Waals surface area contributed by atoms with E-state index in [1.54, 1.807) is 0 Å². The van der Waals surface area contributed by atoms with E-state index in [4.69, 9.17) is 9.47 Å². The lowest BCUT2D eigenvalue weighted by molar-refractivity contribution is -0.147. The van der Waals surface area contributed by atoms with E-state index in [1.165, 1.54) is 31.9 Å². The summed E-state index contributed by atoms with van der Waals surface area (Å²) >= 11 is 0. The Labute approximate surface area is 156 Å². The van der Waals surface area contributed by atoms with Crippen molar-refractivity contribution in [1.82, 2.24) is 0 Å². The van der Waals surface area contributed by atoms with E-state index in [0.29, 0.717) is 6.42 Å². The molecule has 0 aliphatic heterocycles. The van der Waals surface area contributed by atoms with Gasteiger partial charge in [-0.3, -0.25) is 9.59 Å². The first-order valence-corrected chi connectivity index (χ1v) is 10.1. The number of esters is 1. The summed E-state index contributed by atoms with van der Waals surface area (Å²) in [5.41, 5.74) is 3.15. The summed E-state index contributed by atoms with van der Waals surface area (Å²) in [6, 6.07) is 4.11. The fourth-order valence-corrected chi connectivity index (χ4v) is 4.22. The summed E-state index contributed by atoms with van der Waals surface area (Å²) in [5.74, 6) is 0.626. The van der Waals surface area contributed by atoms with E-state index >= 15 is 0 Å². The van der Waals surface area contributed by atoms with Crippen LogP contribution in [0.2, 0.25) is 0 Å². The third-order valence-electron chi connectivity index (χ3n) is 5.74. The summed E-state index contributed by atoms with van der Waals surface area (Å²) < 4.78 is 11.3. The first kappa shape index (κ1) is 18.9. The number of carbonyl (C=O) groups is 2. The zero-order valence-electron chi connectivity index (χ0n) is 16.0. The van der Waals surface area contributed by atoms with Gasteiger partial charge in [-0.25, -0.2) is 0 Å². The smallest absolute Gasteiger partial charge is 0.312 e. The van der Waals surface area contributed by atoms with Gasteiger partial charge in [0.2, 0.25) is 0 Å². The van der Waals surface area contributed by atoms with E-state index in [2.05, 4.69) is 13.0 Å². The van der Waals surface area contributed by atoms with Gasteiger partial charge in [-0.2, -0.15) is 0 Å². The Balaban J connectivity index is 1.80. The molecule has 1 aromatic rings. The zero-order chi connectivity index (χ0) is 18.5. The molecule has 0 N–H and O–H groups in total. The third-order valence-corrected chi connectivity index (χ3v) is 5.74. The number of ketones is 1. The molecule has 3 rings (SSSR count). The Bertz CT molecular complexity index is 664. The van der Waals surface area contributed by atoms with Crippen molar-refractivity contribution in [1.29, 1.82) is 0 Å². The molecule has 1 saturated carbocycles. The fraction of sp³-hybridized carbons (Fsp3) is 0.636. The van der Waals surface area contributed by atoms with Gasteiger partial charge in [0.1, 0.15) is 11.9 Å². The second-order valence-corrected chi connectivity index (χ2v) is 7.57. The summed E-state index contributed by atoms with van der Waals surface area (Å²) in [5, 5.41) is 0. The molecule has 0 spiro atoms. The Kier molecular flexibility index (Phi) is 6.33. The minimum Gasteiger partial charge on any atom is -0.489 e. The standard InChI is InChI=1S/C22H30O4/c1-3-4-5-6-8-16-13-15-11-12-19(23)18(15)14-21(16)26-20-10-7-9-17(20)22(24)25-2/h13-14,17,20H,3-12H2,1-2H3. The predicted octanol–water partition coefficient (Wildman–Crippen LogP) is 4.66. The highest BCUT2D eigenvalue weighted by Gasteiger charge is 2.36. The van der Waals surface area contributed by atoms with Crippen molar-refractivity contribution in [3.8, 4) is 5.75 Å². The number of hydrogen-bond donors (Lipinski definition) is 0. The number of methoxy groups -OCH3 is 1. The SMILES string of the molecule is CCCCCCc1cc2c(cc1OC1CCCC1C(=O)OC)C(=O)CC2. The first-order valence-electron chi connectivity index (χ1n) is 10.1. The molecule has 4 heteroatoms. The van der Waals surface area contributed by atoms with Crippen molar-refractivity contribution >= 4 is 11.8 Å². The highest BCUT2D eigenvalue weighted by Crippen LogP contribution is 2.36. The van der Waals surface area contributed by atoms with Crippen LogP contribution in [0.3, 0.4) is 0 Å². The molecule has 26 heavy (non-hydrogen) atoms. The number of fused-ring (bicyclic) bond motifs is 1. The number of rotatable bonds is 8. The van der Waals surface area contributed by atoms with Gasteiger partial charge in [0.15, 0.2) is 5.78 Å². The molecule has 0 aromatic heterocycles. The van der Waals surface area contributed by atoms with Crippen LogP contribution >= 0.6 is 0 Å². The Morgan fingerprint density at radius 3 is 2.77 bits per heavy atom. The minimum atomic E-state index is -0.197. The third kappa shape index (κ3) is 4.11. The molecule has 2 aliphatic rings. The average molecular weight is 358 g/mol. The molecule has 2 aliphatic carbocycles. The van der Waals surface area contributed by atoms with Crippen LogP contribution in [0.5, 0.6) is 5.75 Å². The predicted molar refractivity (Wildman–Crippen MR) is 101 cm³/mol. The van der Waals surface area contributed by atoms with Crippen LogP contribution < -0.4 is 4.74 Å². The number of benzene rings is 1. The van der Waals surface area contributed by atoms with Gasteiger partial charge in [-0.05, 0) is 55.7 Å². The molecule has 0 heterocycles. The van der Waals surface area contributed by atoms with Crippen LogP contribution in [0.4, 0.5) is 0 Å². The van der Waals surface area contributed by atoms with Gasteiger partial charge in [-0.15, -0.1) is 0 Å². The van der Waals surface area contributed by atoms with Crippen LogP contribution in [0.1, 0.15) is 79.8 Å². The van der Waals surface area contributed by atoms with E-state index in [1.807, 2.05) is 6.07 Å². The Morgan fingerprint density at radius 2 is 2.00 bits per heavy atom. The fourth-order valence-electron chi connectivity index (χ4n) is 4.22. The Hall–Kier alpha value is -1.84. The number of Topliss-reactive ketones (excluding diaryl/α,β-unsaturated/α-hetero) is 1. The molecule has 4 nitrogen and oxygen atoms in total. The van der Waals surface area contributed by atoms with Crippen molar-refractivity contribution in [2.24, 2.45) is 5.92 Å². The Morgan fingerprint density at radius 1 is 1.15 bits per heavy atom. The molecular formula is C22H30O4. The quantitative estimate of drug-likeness (QED) is 0.501. The second-order valence-electron chi connectivity index (χ2n) is 7.57. The topological polar surface area (TPSA) is 52.6 Å². The molecule has 0 amide bonds. The number of carbonyl (C=O) groups excluding carboxylic acids is 2. The van der Waals surface area contributed by atoms with E-state index in [0.717, 1.165) is 55.4 Å². The number of hydrogen-bond acceptors (Lipinski definition) is 4. The lowest BCUT2D eigenvalue weighted by Gasteiger charge is -2.22. The zero-order valence-corrected chi connectivity index (χ0v) is 16.0. The van der Waals surface area contributed by atoms with Crippen molar-refractivity contribution in [2.45, 2.75) is 77.2 Å². The molecule has 0 radical (unpaired) electrons. The summed E-state index contributed by atoms with van der Waals surface area (Å²) in [7, 11) is 1.44. The summed E-state index contributed by atoms with van der Waals surface area (Å²) in [6.45, 7) is 2.21. The molecule has 1 aromatic carbocycles. The van der Waals surface area contributed by atoms with E-state index in [-0.39, 0.29) is 23.8 Å². The number of aryl methyl sites for hydroxylation is 2. The summed E-state index contributed by atoms with van der Waals surface area (Å²) in [6.07, 6.45) is 9.69. The van der Waals surface area contributed by atoms with E-state index < -0.39 is 0 Å². The summed E-state index contributed by atoms with van der Waals surface area (Å²) in [4.78, 5) is 24.2.